The second-order valence-corrected chi connectivity index (χ2v) is 8.26. The van der Waals surface area contributed by atoms with Crippen molar-refractivity contribution in [2.75, 3.05) is 23.7 Å². The number of amides is 1. The van der Waals surface area contributed by atoms with E-state index in [2.05, 4.69) is 16.4 Å². The van der Waals surface area contributed by atoms with Gasteiger partial charge in [0.25, 0.3) is 5.91 Å². The van der Waals surface area contributed by atoms with Crippen molar-refractivity contribution in [3.63, 3.8) is 0 Å². The molecule has 2 aliphatic heterocycles. The van der Waals surface area contributed by atoms with E-state index in [0.29, 0.717) is 18.1 Å². The van der Waals surface area contributed by atoms with Gasteiger partial charge in [0.15, 0.2) is 6.10 Å². The SMILES string of the molecule is Nc1ccnc(N(Cc2ccccc2)C(=O)[C@H]2Oc3ccccc3C23CCNCC3)c1. The Kier molecular flexibility index (Phi) is 5.08. The molecular weight excluding hydrogens is 388 g/mol. The Morgan fingerprint density at radius 1 is 1.10 bits per heavy atom. The van der Waals surface area contributed by atoms with E-state index >= 15 is 0 Å². The van der Waals surface area contributed by atoms with Gasteiger partial charge < -0.3 is 15.8 Å². The van der Waals surface area contributed by atoms with Gasteiger partial charge >= 0.3 is 0 Å². The highest BCUT2D eigenvalue weighted by molar-refractivity contribution is 5.98. The Balaban J connectivity index is 1.55. The molecule has 1 atom stereocenters. The number of carbonyl (C=O) groups is 1. The number of para-hydroxylation sites is 1. The zero-order chi connectivity index (χ0) is 21.3. The van der Waals surface area contributed by atoms with Crippen molar-refractivity contribution in [2.24, 2.45) is 0 Å². The fourth-order valence-corrected chi connectivity index (χ4v) is 4.81. The van der Waals surface area contributed by atoms with E-state index in [1.54, 1.807) is 23.2 Å². The summed E-state index contributed by atoms with van der Waals surface area (Å²) in [5, 5.41) is 3.43. The lowest BCUT2D eigenvalue weighted by molar-refractivity contribution is -0.128. The first kappa shape index (κ1) is 19.6. The normalized spacial score (nSPS) is 18.9. The minimum Gasteiger partial charge on any atom is -0.479 e. The molecule has 2 aliphatic rings. The molecule has 0 saturated carbocycles. The van der Waals surface area contributed by atoms with Crippen LogP contribution in [0, 0.1) is 0 Å². The van der Waals surface area contributed by atoms with Crippen LogP contribution in [0.4, 0.5) is 11.5 Å². The summed E-state index contributed by atoms with van der Waals surface area (Å²) in [6, 6.07) is 21.5. The number of ether oxygens (including phenoxy) is 1. The minimum atomic E-state index is -0.598. The number of pyridine rings is 1. The number of aromatic nitrogens is 1. The van der Waals surface area contributed by atoms with Crippen molar-refractivity contribution in [2.45, 2.75) is 30.9 Å². The molecule has 2 aromatic carbocycles. The highest BCUT2D eigenvalue weighted by atomic mass is 16.5. The van der Waals surface area contributed by atoms with E-state index < -0.39 is 6.10 Å². The average molecular weight is 415 g/mol. The fourth-order valence-electron chi connectivity index (χ4n) is 4.81. The van der Waals surface area contributed by atoms with E-state index in [9.17, 15) is 4.79 Å². The lowest BCUT2D eigenvalue weighted by Crippen LogP contribution is -2.54. The molecule has 6 nitrogen and oxygen atoms in total. The third-order valence-electron chi connectivity index (χ3n) is 6.39. The molecule has 1 amide bonds. The Hall–Kier alpha value is -3.38. The number of nitrogens with zero attached hydrogens (tertiary/aromatic N) is 2. The number of nitrogens with one attached hydrogen (secondary N) is 1. The first-order valence-corrected chi connectivity index (χ1v) is 10.7. The fraction of sp³-hybridized carbons (Fsp3) is 0.280. The minimum absolute atomic E-state index is 0.0833. The molecule has 1 fully saturated rings. The number of fused-ring (bicyclic) bond motifs is 2. The number of nitrogen functional groups attached to an aromatic ring is 1. The van der Waals surface area contributed by atoms with Crippen molar-refractivity contribution in [3.05, 3.63) is 84.1 Å². The molecule has 5 rings (SSSR count). The van der Waals surface area contributed by atoms with Gasteiger partial charge in [0.2, 0.25) is 0 Å². The van der Waals surface area contributed by atoms with Gasteiger partial charge in [0.1, 0.15) is 11.6 Å². The predicted molar refractivity (Wildman–Crippen MR) is 121 cm³/mol. The van der Waals surface area contributed by atoms with Crippen LogP contribution < -0.4 is 20.7 Å². The molecule has 6 heteroatoms. The van der Waals surface area contributed by atoms with Crippen LogP contribution in [-0.4, -0.2) is 30.1 Å². The molecule has 3 heterocycles. The van der Waals surface area contributed by atoms with Crippen molar-refractivity contribution in [1.82, 2.24) is 10.3 Å². The van der Waals surface area contributed by atoms with Crippen molar-refractivity contribution in [1.29, 1.82) is 0 Å². The molecule has 1 spiro atoms. The largest absolute Gasteiger partial charge is 0.479 e. The van der Waals surface area contributed by atoms with Crippen LogP contribution in [0.3, 0.4) is 0 Å². The summed E-state index contributed by atoms with van der Waals surface area (Å²) in [5.74, 6) is 1.26. The number of nitrogens with two attached hydrogens (primary N) is 1. The number of hydrogen-bond acceptors (Lipinski definition) is 5. The van der Waals surface area contributed by atoms with E-state index in [1.807, 2.05) is 48.5 Å². The Morgan fingerprint density at radius 2 is 1.84 bits per heavy atom. The second kappa shape index (κ2) is 8.04. The van der Waals surface area contributed by atoms with Crippen LogP contribution in [0.2, 0.25) is 0 Å². The predicted octanol–water partition coefficient (Wildman–Crippen LogP) is 3.28. The molecule has 3 N–H and O–H groups in total. The Labute approximate surface area is 182 Å². The summed E-state index contributed by atoms with van der Waals surface area (Å²) in [5.41, 5.74) is 8.42. The summed E-state index contributed by atoms with van der Waals surface area (Å²) >= 11 is 0. The molecule has 0 radical (unpaired) electrons. The van der Waals surface area contributed by atoms with Gasteiger partial charge in [-0.25, -0.2) is 4.98 Å². The molecule has 3 aromatic rings. The smallest absolute Gasteiger partial charge is 0.270 e. The van der Waals surface area contributed by atoms with Crippen LogP contribution in [0.1, 0.15) is 24.0 Å². The first-order chi connectivity index (χ1) is 15.2. The molecule has 1 saturated heterocycles. The molecule has 0 bridgehead atoms. The lowest BCUT2D eigenvalue weighted by atomic mass is 9.70. The zero-order valence-corrected chi connectivity index (χ0v) is 17.3. The quantitative estimate of drug-likeness (QED) is 0.685. The molecule has 31 heavy (non-hydrogen) atoms. The number of carbonyl (C=O) groups excluding carboxylic acids is 1. The number of piperidine rings is 1. The van der Waals surface area contributed by atoms with Gasteiger partial charge in [-0.2, -0.15) is 0 Å². The van der Waals surface area contributed by atoms with Gasteiger partial charge in [0.05, 0.1) is 6.54 Å². The molecular formula is C25H26N4O2. The summed E-state index contributed by atoms with van der Waals surface area (Å²) < 4.78 is 6.35. The number of rotatable bonds is 4. The van der Waals surface area contributed by atoms with Crippen LogP contribution in [0.15, 0.2) is 72.9 Å². The average Bonchev–Trinajstić information content (AvgIpc) is 3.12. The summed E-state index contributed by atoms with van der Waals surface area (Å²) in [7, 11) is 0. The second-order valence-electron chi connectivity index (χ2n) is 8.26. The van der Waals surface area contributed by atoms with Crippen LogP contribution in [0.5, 0.6) is 5.75 Å². The van der Waals surface area contributed by atoms with Crippen LogP contribution in [-0.2, 0) is 16.8 Å². The van der Waals surface area contributed by atoms with Crippen molar-refractivity contribution < 1.29 is 9.53 Å². The maximum atomic E-state index is 14.1. The maximum Gasteiger partial charge on any atom is 0.270 e. The lowest BCUT2D eigenvalue weighted by Gasteiger charge is -2.39. The maximum absolute atomic E-state index is 14.1. The van der Waals surface area contributed by atoms with E-state index in [-0.39, 0.29) is 11.3 Å². The van der Waals surface area contributed by atoms with Crippen molar-refractivity contribution >= 4 is 17.4 Å². The highest BCUT2D eigenvalue weighted by Crippen LogP contribution is 2.49. The number of hydrogen-bond donors (Lipinski definition) is 2. The number of benzene rings is 2. The topological polar surface area (TPSA) is 80.5 Å². The van der Waals surface area contributed by atoms with E-state index in [1.165, 1.54) is 0 Å². The summed E-state index contributed by atoms with van der Waals surface area (Å²) in [4.78, 5) is 20.3. The van der Waals surface area contributed by atoms with Gasteiger partial charge in [-0.05, 0) is 43.6 Å². The molecule has 0 unspecified atom stereocenters. The summed E-state index contributed by atoms with van der Waals surface area (Å²) in [6.45, 7) is 2.12. The standard InChI is InChI=1S/C25H26N4O2/c26-19-10-13-28-22(16-19)29(17-18-6-2-1-3-7-18)24(30)23-25(11-14-27-15-12-25)20-8-4-5-9-21(20)31-23/h1-10,13,16,23,27H,11-12,14-15,17H2,(H2,26,28)/t23-/m1/s1. The Bertz CT molecular complexity index is 1080. The monoisotopic (exact) mass is 414 g/mol. The third-order valence-corrected chi connectivity index (χ3v) is 6.39. The number of anilines is 2. The highest BCUT2D eigenvalue weighted by Gasteiger charge is 2.53. The Morgan fingerprint density at radius 3 is 2.61 bits per heavy atom. The third kappa shape index (κ3) is 3.53. The van der Waals surface area contributed by atoms with Gasteiger partial charge in [-0.1, -0.05) is 48.5 Å². The molecule has 0 aliphatic carbocycles. The van der Waals surface area contributed by atoms with Crippen LogP contribution in [0.25, 0.3) is 0 Å². The van der Waals surface area contributed by atoms with E-state index in [0.717, 1.165) is 42.8 Å². The summed E-state index contributed by atoms with van der Waals surface area (Å²) in [6.07, 6.45) is 2.74. The van der Waals surface area contributed by atoms with E-state index in [4.69, 9.17) is 10.5 Å². The zero-order valence-electron chi connectivity index (χ0n) is 17.3. The van der Waals surface area contributed by atoms with Gasteiger partial charge in [0, 0.05) is 28.9 Å². The molecule has 158 valence electrons. The van der Waals surface area contributed by atoms with Gasteiger partial charge in [-0.3, -0.25) is 9.69 Å². The first-order valence-electron chi connectivity index (χ1n) is 10.7. The van der Waals surface area contributed by atoms with Crippen molar-refractivity contribution in [3.8, 4) is 5.75 Å². The molecule has 1 aromatic heterocycles. The van der Waals surface area contributed by atoms with Gasteiger partial charge in [-0.15, -0.1) is 0 Å². The van der Waals surface area contributed by atoms with Crippen LogP contribution >= 0.6 is 0 Å².